The average Bonchev–Trinajstić information content (AvgIpc) is 3.47. The fourth-order valence-electron chi connectivity index (χ4n) is 3.15. The van der Waals surface area contributed by atoms with E-state index in [1.54, 1.807) is 30.3 Å². The topological polar surface area (TPSA) is 81.9 Å². The number of amides is 1. The predicted molar refractivity (Wildman–Crippen MR) is 138 cm³/mol. The number of hydrogen-bond donors (Lipinski definition) is 1. The minimum Gasteiger partial charge on any atom is -0.483 e. The number of anilines is 1. The lowest BCUT2D eigenvalue weighted by Gasteiger charge is -2.15. The van der Waals surface area contributed by atoms with Crippen LogP contribution in [0.4, 0.5) is 9.52 Å². The van der Waals surface area contributed by atoms with Gasteiger partial charge in [-0.05, 0) is 43.3 Å². The number of aromatic nitrogens is 4. The van der Waals surface area contributed by atoms with Gasteiger partial charge < -0.3 is 10.1 Å². The lowest BCUT2D eigenvalue weighted by atomic mass is 10.2. The Labute approximate surface area is 215 Å². The van der Waals surface area contributed by atoms with Crippen LogP contribution >= 0.6 is 34.7 Å². The summed E-state index contributed by atoms with van der Waals surface area (Å²) in [4.78, 5) is 17.0. The number of benzene rings is 2. The number of carbonyl (C=O) groups is 1. The highest BCUT2D eigenvalue weighted by Gasteiger charge is 2.20. The Balaban J connectivity index is 1.38. The van der Waals surface area contributed by atoms with E-state index >= 15 is 0 Å². The van der Waals surface area contributed by atoms with Crippen molar-refractivity contribution in [2.75, 3.05) is 11.1 Å². The summed E-state index contributed by atoms with van der Waals surface area (Å²) in [5.41, 5.74) is 1.68. The third-order valence-electron chi connectivity index (χ3n) is 4.77. The molecule has 1 N–H and O–H groups in total. The molecule has 0 aliphatic heterocycles. The van der Waals surface area contributed by atoms with E-state index in [9.17, 15) is 9.18 Å². The second kappa shape index (κ2) is 11.5. The summed E-state index contributed by atoms with van der Waals surface area (Å²) in [5, 5.41) is 14.9. The Bertz CT molecular complexity index is 1310. The number of thioether (sulfide) groups is 1. The monoisotopic (exact) mass is 529 g/mol. The van der Waals surface area contributed by atoms with Gasteiger partial charge in [0.2, 0.25) is 5.91 Å². The number of ether oxygens (including phenoxy) is 1. The number of nitrogens with one attached hydrogen (secondary N) is 1. The standard InChI is InChI=1S/C24H21ClFN5O2S2/c1-3-12-31-22(15(2)33-19-10-8-18(26)9-11-19)29-30-24(31)35-14-21(32)28-23-27-20(13-34-23)16-4-6-17(25)7-5-16/h3-11,13,15H,1,12,14H2,2H3,(H,27,28,32). The summed E-state index contributed by atoms with van der Waals surface area (Å²) < 4.78 is 20.9. The van der Waals surface area contributed by atoms with Crippen molar-refractivity contribution < 1.29 is 13.9 Å². The molecule has 0 aliphatic rings. The van der Waals surface area contributed by atoms with Crippen molar-refractivity contribution in [1.29, 1.82) is 0 Å². The van der Waals surface area contributed by atoms with Crippen LogP contribution in [0.3, 0.4) is 0 Å². The van der Waals surface area contributed by atoms with Crippen LogP contribution in [-0.2, 0) is 11.3 Å². The molecule has 0 saturated heterocycles. The van der Waals surface area contributed by atoms with Crippen molar-refractivity contribution in [3.63, 3.8) is 0 Å². The van der Waals surface area contributed by atoms with Gasteiger partial charge in [-0.1, -0.05) is 41.6 Å². The molecule has 0 fully saturated rings. The van der Waals surface area contributed by atoms with Crippen molar-refractivity contribution >= 4 is 45.7 Å². The summed E-state index contributed by atoms with van der Waals surface area (Å²) in [5.74, 6) is 0.665. The number of allylic oxidation sites excluding steroid dienone is 1. The highest BCUT2D eigenvalue weighted by atomic mass is 35.5. The van der Waals surface area contributed by atoms with Gasteiger partial charge >= 0.3 is 0 Å². The summed E-state index contributed by atoms with van der Waals surface area (Å²) >= 11 is 8.54. The van der Waals surface area contributed by atoms with Gasteiger partial charge in [0.1, 0.15) is 11.6 Å². The van der Waals surface area contributed by atoms with Crippen molar-refractivity contribution in [2.45, 2.75) is 24.7 Å². The van der Waals surface area contributed by atoms with Gasteiger partial charge in [0.05, 0.1) is 11.4 Å². The van der Waals surface area contributed by atoms with Gasteiger partial charge in [-0.15, -0.1) is 28.1 Å². The van der Waals surface area contributed by atoms with Crippen LogP contribution < -0.4 is 10.1 Å². The lowest BCUT2D eigenvalue weighted by molar-refractivity contribution is -0.113. The minimum absolute atomic E-state index is 0.123. The summed E-state index contributed by atoms with van der Waals surface area (Å²) in [7, 11) is 0. The summed E-state index contributed by atoms with van der Waals surface area (Å²) in [6, 6.07) is 13.1. The Morgan fingerprint density at radius 3 is 2.71 bits per heavy atom. The first-order valence-electron chi connectivity index (χ1n) is 10.5. The maximum atomic E-state index is 13.2. The minimum atomic E-state index is -0.447. The third kappa shape index (κ3) is 6.47. The molecule has 0 saturated carbocycles. The SMILES string of the molecule is C=CCn1c(SCC(=O)Nc2nc(-c3ccc(Cl)cc3)cs2)nnc1C(C)Oc1ccc(F)cc1. The van der Waals surface area contributed by atoms with E-state index in [-0.39, 0.29) is 17.5 Å². The van der Waals surface area contributed by atoms with E-state index in [0.29, 0.717) is 33.4 Å². The highest BCUT2D eigenvalue weighted by molar-refractivity contribution is 7.99. The Hall–Kier alpha value is -3.21. The molecular weight excluding hydrogens is 509 g/mol. The highest BCUT2D eigenvalue weighted by Crippen LogP contribution is 2.27. The molecule has 4 aromatic rings. The van der Waals surface area contributed by atoms with Crippen molar-refractivity contribution in [2.24, 2.45) is 0 Å². The fraction of sp³-hybridized carbons (Fsp3) is 0.167. The molecule has 1 atom stereocenters. The van der Waals surface area contributed by atoms with Crippen molar-refractivity contribution in [1.82, 2.24) is 19.7 Å². The molecule has 2 heterocycles. The molecule has 35 heavy (non-hydrogen) atoms. The molecule has 0 spiro atoms. The van der Waals surface area contributed by atoms with Gasteiger partial charge in [0.25, 0.3) is 0 Å². The van der Waals surface area contributed by atoms with Crippen LogP contribution in [0.2, 0.25) is 5.02 Å². The van der Waals surface area contributed by atoms with Crippen LogP contribution in [-0.4, -0.2) is 31.4 Å². The van der Waals surface area contributed by atoms with Crippen LogP contribution in [0.1, 0.15) is 18.9 Å². The molecule has 0 radical (unpaired) electrons. The molecule has 1 unspecified atom stereocenters. The average molecular weight is 530 g/mol. The van der Waals surface area contributed by atoms with Gasteiger partial charge in [0, 0.05) is 22.5 Å². The van der Waals surface area contributed by atoms with E-state index in [4.69, 9.17) is 16.3 Å². The van der Waals surface area contributed by atoms with Crippen LogP contribution in [0.15, 0.2) is 71.7 Å². The molecular formula is C24H21ClFN5O2S2. The van der Waals surface area contributed by atoms with Crippen LogP contribution in [0.25, 0.3) is 11.3 Å². The molecule has 11 heteroatoms. The van der Waals surface area contributed by atoms with Crippen LogP contribution in [0, 0.1) is 5.82 Å². The second-order valence-electron chi connectivity index (χ2n) is 7.34. The van der Waals surface area contributed by atoms with Crippen LogP contribution in [0.5, 0.6) is 5.75 Å². The van der Waals surface area contributed by atoms with E-state index in [1.807, 2.05) is 29.0 Å². The lowest BCUT2D eigenvalue weighted by Crippen LogP contribution is -2.15. The largest absolute Gasteiger partial charge is 0.483 e. The zero-order chi connectivity index (χ0) is 24.8. The number of nitrogens with zero attached hydrogens (tertiary/aromatic N) is 4. The van der Waals surface area contributed by atoms with E-state index < -0.39 is 6.10 Å². The molecule has 0 bridgehead atoms. The molecule has 2 aromatic carbocycles. The molecule has 2 aromatic heterocycles. The molecule has 7 nitrogen and oxygen atoms in total. The maximum absolute atomic E-state index is 13.2. The first-order chi connectivity index (χ1) is 16.9. The van der Waals surface area contributed by atoms with Crippen molar-refractivity contribution in [3.05, 3.63) is 83.2 Å². The predicted octanol–water partition coefficient (Wildman–Crippen LogP) is 6.25. The number of carbonyl (C=O) groups excluding carboxylic acids is 1. The summed E-state index contributed by atoms with van der Waals surface area (Å²) in [6.45, 7) is 6.07. The van der Waals surface area contributed by atoms with E-state index in [0.717, 1.165) is 11.3 Å². The molecule has 4 rings (SSSR count). The van der Waals surface area contributed by atoms with Crippen molar-refractivity contribution in [3.8, 4) is 17.0 Å². The fourth-order valence-corrected chi connectivity index (χ4v) is 4.76. The van der Waals surface area contributed by atoms with E-state index in [1.165, 1.54) is 35.2 Å². The number of halogens is 2. The molecule has 1 amide bonds. The Morgan fingerprint density at radius 1 is 1.26 bits per heavy atom. The quantitative estimate of drug-likeness (QED) is 0.193. The molecule has 180 valence electrons. The number of thiazole rings is 1. The summed E-state index contributed by atoms with van der Waals surface area (Å²) in [6.07, 6.45) is 1.27. The first kappa shape index (κ1) is 24.9. The van der Waals surface area contributed by atoms with Gasteiger partial charge in [-0.25, -0.2) is 9.37 Å². The Kier molecular flexibility index (Phi) is 8.17. The normalized spacial score (nSPS) is 11.7. The smallest absolute Gasteiger partial charge is 0.236 e. The number of rotatable bonds is 10. The third-order valence-corrected chi connectivity index (χ3v) is 6.75. The van der Waals surface area contributed by atoms with E-state index in [2.05, 4.69) is 27.1 Å². The number of hydrogen-bond acceptors (Lipinski definition) is 7. The zero-order valence-electron chi connectivity index (χ0n) is 18.6. The Morgan fingerprint density at radius 2 is 2.00 bits per heavy atom. The second-order valence-corrected chi connectivity index (χ2v) is 9.57. The molecule has 0 aliphatic carbocycles. The van der Waals surface area contributed by atoms with Gasteiger partial charge in [0.15, 0.2) is 22.2 Å². The van der Waals surface area contributed by atoms with Gasteiger partial charge in [-0.2, -0.15) is 0 Å². The maximum Gasteiger partial charge on any atom is 0.236 e. The van der Waals surface area contributed by atoms with Gasteiger partial charge in [-0.3, -0.25) is 9.36 Å². The zero-order valence-corrected chi connectivity index (χ0v) is 21.0. The first-order valence-corrected chi connectivity index (χ1v) is 12.8.